The second-order valence-corrected chi connectivity index (χ2v) is 25.6. The van der Waals surface area contributed by atoms with Gasteiger partial charge in [0.2, 0.25) is 0 Å². The van der Waals surface area contributed by atoms with E-state index in [1.165, 1.54) is 25.7 Å². The topological polar surface area (TPSA) is 64.0 Å². The van der Waals surface area contributed by atoms with Gasteiger partial charge in [-0.15, -0.1) is 19.6 Å². The molecule has 0 aromatic carbocycles. The van der Waals surface area contributed by atoms with Crippen molar-refractivity contribution in [2.45, 2.75) is 84.6 Å². The molecular formula is C23H55CrN4NaO2Si3+. The molecule has 2 heterocycles. The minimum Gasteiger partial charge on any atom is -0.664 e. The molecular weight excluding hydrogens is 524 g/mol. The molecule has 0 aromatic rings. The Hall–Kier alpha value is 1.94. The first-order chi connectivity index (χ1) is 14.8. The largest absolute Gasteiger partial charge is 3.00 e. The second-order valence-electron chi connectivity index (χ2n) is 11.6. The molecule has 0 N–H and O–H groups in total. The summed E-state index contributed by atoms with van der Waals surface area (Å²) in [6.45, 7) is 30.8. The first kappa shape index (κ1) is 40.4. The third-order valence-corrected chi connectivity index (χ3v) is 8.18. The minimum atomic E-state index is -1.28. The molecule has 11 heteroatoms. The Morgan fingerprint density at radius 2 is 0.765 bits per heavy atom. The van der Waals surface area contributed by atoms with Gasteiger partial charge in [0.25, 0.3) is 0 Å². The smallest absolute Gasteiger partial charge is 0.664 e. The standard InChI is InChI=1S/C15H39N4Si3.2C4H8O.Cr.Na/c1-20(2,3)16-10-13-19(14-11-17-21(4,5)6)15-12-18-22(7,8)9;2*1-2-4-5-3-1;;/h10-15H2,1-9H3;2*1-4H2;;/q-3;;;+3;+1. The first-order valence-corrected chi connectivity index (χ1v) is 23.1. The van der Waals surface area contributed by atoms with Crippen LogP contribution < -0.4 is 29.6 Å². The Morgan fingerprint density at radius 1 is 0.529 bits per heavy atom. The molecule has 0 saturated carbocycles. The maximum atomic E-state index is 4.94. The van der Waals surface area contributed by atoms with Gasteiger partial charge in [0, 0.05) is 26.4 Å². The van der Waals surface area contributed by atoms with E-state index < -0.39 is 24.7 Å². The van der Waals surface area contributed by atoms with Crippen molar-refractivity contribution >= 4 is 24.7 Å². The number of rotatable bonds is 12. The zero-order valence-corrected chi connectivity index (χ0v) is 30.7. The Kier molecular flexibility index (Phi) is 27.2. The van der Waals surface area contributed by atoms with Gasteiger partial charge in [-0.25, -0.2) is 0 Å². The fraction of sp³-hybridized carbons (Fsp3) is 1.00. The maximum Gasteiger partial charge on any atom is 3.00 e. The van der Waals surface area contributed by atoms with Crippen LogP contribution in [0.1, 0.15) is 25.7 Å². The van der Waals surface area contributed by atoms with Crippen LogP contribution in [0.5, 0.6) is 0 Å². The molecule has 0 aliphatic carbocycles. The monoisotopic (exact) mass is 578 g/mol. The predicted octanol–water partition coefficient (Wildman–Crippen LogP) is 3.51. The average molecular weight is 579 g/mol. The van der Waals surface area contributed by atoms with E-state index in [1.54, 1.807) is 0 Å². The molecule has 2 aliphatic heterocycles. The fourth-order valence-corrected chi connectivity index (χ4v) is 5.25. The van der Waals surface area contributed by atoms with E-state index in [0.717, 1.165) is 65.7 Å². The number of ether oxygens (including phenoxy) is 2. The molecule has 0 bridgehead atoms. The molecule has 1 radical (unpaired) electrons. The summed E-state index contributed by atoms with van der Waals surface area (Å²) >= 11 is 0. The zero-order chi connectivity index (χ0) is 24.5. The maximum absolute atomic E-state index is 4.94. The van der Waals surface area contributed by atoms with Crippen LogP contribution in [0, 0.1) is 0 Å². The molecule has 2 fully saturated rings. The van der Waals surface area contributed by atoms with Gasteiger partial charge in [-0.2, -0.15) is 0 Å². The van der Waals surface area contributed by atoms with Crippen molar-refractivity contribution in [2.24, 2.45) is 0 Å². The summed E-state index contributed by atoms with van der Waals surface area (Å²) in [4.78, 5) is 17.1. The molecule has 0 aromatic heterocycles. The summed E-state index contributed by atoms with van der Waals surface area (Å²) in [5.41, 5.74) is 0. The summed E-state index contributed by atoms with van der Waals surface area (Å²) in [6.07, 6.45) is 5.11. The van der Waals surface area contributed by atoms with Crippen molar-refractivity contribution in [1.82, 2.24) is 4.90 Å². The van der Waals surface area contributed by atoms with E-state index in [9.17, 15) is 0 Å². The van der Waals surface area contributed by atoms with Gasteiger partial charge >= 0.3 is 46.9 Å². The van der Waals surface area contributed by atoms with Gasteiger partial charge in [-0.1, -0.05) is 83.6 Å². The third-order valence-electron chi connectivity index (χ3n) is 4.66. The van der Waals surface area contributed by atoms with Gasteiger partial charge in [-0.3, -0.25) is 0 Å². The van der Waals surface area contributed by atoms with Crippen LogP contribution in [0.2, 0.25) is 58.9 Å². The minimum absolute atomic E-state index is 0. The Bertz CT molecular complexity index is 371. The van der Waals surface area contributed by atoms with Gasteiger partial charge in [0.1, 0.15) is 0 Å². The van der Waals surface area contributed by atoms with E-state index in [1.807, 2.05) is 0 Å². The van der Waals surface area contributed by atoms with Crippen LogP contribution in [-0.2, 0) is 26.8 Å². The summed E-state index contributed by atoms with van der Waals surface area (Å²) in [5, 5.41) is 0. The van der Waals surface area contributed by atoms with Crippen molar-refractivity contribution in [3.63, 3.8) is 0 Å². The van der Waals surface area contributed by atoms with E-state index >= 15 is 0 Å². The van der Waals surface area contributed by atoms with Gasteiger partial charge in [-0.05, 0) is 45.3 Å². The summed E-state index contributed by atoms with van der Waals surface area (Å²) in [5.74, 6) is 0. The van der Waals surface area contributed by atoms with E-state index in [0.29, 0.717) is 0 Å². The molecule has 0 spiro atoms. The normalized spacial score (nSPS) is 16.1. The van der Waals surface area contributed by atoms with Crippen LogP contribution in [0.15, 0.2) is 0 Å². The molecule has 197 valence electrons. The van der Waals surface area contributed by atoms with E-state index in [4.69, 9.17) is 24.4 Å². The quantitative estimate of drug-likeness (QED) is 0.333. The van der Waals surface area contributed by atoms with Crippen molar-refractivity contribution < 1.29 is 56.4 Å². The van der Waals surface area contributed by atoms with Gasteiger partial charge in [0.05, 0.1) is 0 Å². The molecule has 2 rings (SSSR count). The number of hydrogen-bond acceptors (Lipinski definition) is 3. The SMILES string of the molecule is C1CCOC1.C1CCOC1.C[Si](C)(C)[N-]CCN(CC[N-][Si](C)(C)C)CC[N-][Si](C)(C)C.[Cr+3].[Na+]. The van der Waals surface area contributed by atoms with Crippen molar-refractivity contribution in [3.8, 4) is 0 Å². The Balaban J connectivity index is -0.000000649. The van der Waals surface area contributed by atoms with Gasteiger partial charge < -0.3 is 29.3 Å². The molecule has 6 nitrogen and oxygen atoms in total. The second kappa shape index (κ2) is 22.9. The molecule has 2 saturated heterocycles. The van der Waals surface area contributed by atoms with Crippen LogP contribution in [0.25, 0.3) is 14.9 Å². The van der Waals surface area contributed by atoms with Crippen molar-refractivity contribution in [3.05, 3.63) is 14.9 Å². The molecule has 2 aliphatic rings. The summed E-state index contributed by atoms with van der Waals surface area (Å²) in [7, 11) is -3.84. The van der Waals surface area contributed by atoms with Crippen molar-refractivity contribution in [2.75, 3.05) is 65.7 Å². The van der Waals surface area contributed by atoms with Crippen LogP contribution >= 0.6 is 0 Å². The number of hydrogen-bond donors (Lipinski definition) is 0. The molecule has 34 heavy (non-hydrogen) atoms. The molecule has 0 atom stereocenters. The fourth-order valence-electron chi connectivity index (χ4n) is 2.94. The Labute approximate surface area is 249 Å². The van der Waals surface area contributed by atoms with E-state index in [2.05, 4.69) is 63.8 Å². The summed E-state index contributed by atoms with van der Waals surface area (Å²) < 4.78 is 9.89. The average Bonchev–Trinajstić information content (AvgIpc) is 3.36. The summed E-state index contributed by atoms with van der Waals surface area (Å²) in [6, 6.07) is 0. The zero-order valence-electron chi connectivity index (χ0n) is 24.4. The van der Waals surface area contributed by atoms with Gasteiger partial charge in [0.15, 0.2) is 0 Å². The molecule has 0 unspecified atom stereocenters. The molecule has 0 amide bonds. The Morgan fingerprint density at radius 3 is 0.912 bits per heavy atom. The predicted molar refractivity (Wildman–Crippen MR) is 151 cm³/mol. The first-order valence-electron chi connectivity index (χ1n) is 12.7. The third kappa shape index (κ3) is 33.9. The van der Waals surface area contributed by atoms with Crippen LogP contribution in [-0.4, -0.2) is 95.3 Å². The number of nitrogens with zero attached hydrogens (tertiary/aromatic N) is 4. The van der Waals surface area contributed by atoms with E-state index in [-0.39, 0.29) is 46.9 Å². The van der Waals surface area contributed by atoms with Crippen LogP contribution in [0.3, 0.4) is 0 Å². The van der Waals surface area contributed by atoms with Crippen molar-refractivity contribution in [1.29, 1.82) is 0 Å². The van der Waals surface area contributed by atoms with Crippen LogP contribution in [0.4, 0.5) is 0 Å².